The average Bonchev–Trinajstić information content (AvgIpc) is 2.65. The summed E-state index contributed by atoms with van der Waals surface area (Å²) in [6.07, 6.45) is 0.497. The monoisotopic (exact) mass is 396 g/mol. The van der Waals surface area contributed by atoms with Crippen LogP contribution in [0.2, 0.25) is 13.1 Å². The maximum atomic E-state index is 13.3. The Labute approximate surface area is 172 Å². The second-order valence-corrected chi connectivity index (χ2v) is 14.0. The summed E-state index contributed by atoms with van der Waals surface area (Å²) in [5.74, 6) is 0.819. The van der Waals surface area contributed by atoms with E-state index in [4.69, 9.17) is 4.74 Å². The number of ether oxygens (including phenoxy) is 1. The lowest BCUT2D eigenvalue weighted by Gasteiger charge is -2.25. The van der Waals surface area contributed by atoms with Gasteiger partial charge in [0.25, 0.3) is 0 Å². The van der Waals surface area contributed by atoms with E-state index in [1.54, 1.807) is 0 Å². The molecule has 0 bridgehead atoms. The van der Waals surface area contributed by atoms with Crippen molar-refractivity contribution in [2.75, 3.05) is 6.23 Å². The van der Waals surface area contributed by atoms with E-state index in [1.165, 1.54) is 10.8 Å². The van der Waals surface area contributed by atoms with Gasteiger partial charge in [0.05, 0.1) is 11.8 Å². The molecule has 0 saturated carbocycles. The average molecular weight is 397 g/mol. The van der Waals surface area contributed by atoms with Crippen molar-refractivity contribution in [3.05, 3.63) is 64.7 Å². The van der Waals surface area contributed by atoms with E-state index in [0.29, 0.717) is 12.1 Å². The summed E-state index contributed by atoms with van der Waals surface area (Å²) in [4.78, 5) is 13.3. The van der Waals surface area contributed by atoms with Crippen molar-refractivity contribution in [3.63, 3.8) is 0 Å². The Hall–Kier alpha value is -1.87. The quantitative estimate of drug-likeness (QED) is 0.401. The molecule has 2 aromatic carbocycles. The van der Waals surface area contributed by atoms with Gasteiger partial charge in [-0.25, -0.2) is 4.79 Å². The van der Waals surface area contributed by atoms with Gasteiger partial charge in [-0.05, 0) is 34.4 Å². The highest BCUT2D eigenvalue weighted by atomic mass is 28.3. The molecule has 0 aromatic heterocycles. The molecule has 2 aromatic rings. The lowest BCUT2D eigenvalue weighted by molar-refractivity contribution is 0.0562. The maximum absolute atomic E-state index is 13.3. The van der Waals surface area contributed by atoms with Gasteiger partial charge < -0.3 is 4.74 Å². The number of carbonyl (C=O) groups excluding carboxylic acids is 1. The summed E-state index contributed by atoms with van der Waals surface area (Å²) in [7, 11) is -1.84. The van der Waals surface area contributed by atoms with Crippen LogP contribution in [0.3, 0.4) is 0 Å². The number of hydrogen-bond acceptors (Lipinski definition) is 2. The van der Waals surface area contributed by atoms with Crippen LogP contribution < -0.4 is 5.19 Å². The zero-order valence-corrected chi connectivity index (χ0v) is 19.8. The largest absolute Gasteiger partial charge is 0.465 e. The molecule has 2 rings (SSSR count). The third-order valence-electron chi connectivity index (χ3n) is 5.46. The number of carbonyl (C=O) groups is 1. The van der Waals surface area contributed by atoms with Gasteiger partial charge in [-0.3, -0.25) is 0 Å². The molecule has 0 amide bonds. The first-order valence-electron chi connectivity index (χ1n) is 10.4. The second-order valence-electron chi connectivity index (χ2n) is 9.36. The summed E-state index contributed by atoms with van der Waals surface area (Å²) < 4.78 is 5.95. The fourth-order valence-corrected chi connectivity index (χ4v) is 5.24. The zero-order chi connectivity index (χ0) is 21.1. The molecule has 0 saturated heterocycles. The lowest BCUT2D eigenvalue weighted by Crippen LogP contribution is -2.47. The molecule has 0 N–H and O–H groups in total. The molecule has 0 spiro atoms. The molecule has 0 radical (unpaired) electrons. The van der Waals surface area contributed by atoms with Crippen LogP contribution in [-0.2, 0) is 4.74 Å². The molecule has 0 aliphatic carbocycles. The normalized spacial score (nSPS) is 12.1. The van der Waals surface area contributed by atoms with Gasteiger partial charge in [0.1, 0.15) is 8.07 Å². The van der Waals surface area contributed by atoms with Crippen LogP contribution in [0.15, 0.2) is 42.5 Å². The highest BCUT2D eigenvalue weighted by molar-refractivity contribution is 6.89. The van der Waals surface area contributed by atoms with Gasteiger partial charge in [-0.2, -0.15) is 0 Å². The van der Waals surface area contributed by atoms with Gasteiger partial charge in [0, 0.05) is 0 Å². The summed E-state index contributed by atoms with van der Waals surface area (Å²) >= 11 is 0. The SMILES string of the molecule is CC(C)c1cc(C(C)C)c(C(=O)OC[Si](C)(C)c2ccccc2)c(C(C)C)c1. The van der Waals surface area contributed by atoms with Crippen molar-refractivity contribution in [2.45, 2.75) is 72.4 Å². The van der Waals surface area contributed by atoms with Crippen molar-refractivity contribution < 1.29 is 9.53 Å². The van der Waals surface area contributed by atoms with Crippen LogP contribution in [0.4, 0.5) is 0 Å². The first kappa shape index (κ1) is 22.4. The van der Waals surface area contributed by atoms with Gasteiger partial charge in [0.15, 0.2) is 0 Å². The number of rotatable bonds is 7. The maximum Gasteiger partial charge on any atom is 0.338 e. The molecule has 2 nitrogen and oxygen atoms in total. The molecule has 0 heterocycles. The molecule has 0 aliphatic rings. The summed E-state index contributed by atoms with van der Waals surface area (Å²) in [6, 6.07) is 14.9. The Bertz CT molecular complexity index is 776. The van der Waals surface area contributed by atoms with Crippen molar-refractivity contribution in [1.29, 1.82) is 0 Å². The van der Waals surface area contributed by atoms with Crippen LogP contribution in [-0.4, -0.2) is 20.3 Å². The highest BCUT2D eigenvalue weighted by Gasteiger charge is 2.28. The van der Waals surface area contributed by atoms with Gasteiger partial charge in [-0.15, -0.1) is 0 Å². The minimum Gasteiger partial charge on any atom is -0.465 e. The van der Waals surface area contributed by atoms with Crippen LogP contribution in [0.25, 0.3) is 0 Å². The third kappa shape index (κ3) is 5.14. The minimum atomic E-state index is -1.84. The molecule has 152 valence electrons. The Morgan fingerprint density at radius 2 is 1.36 bits per heavy atom. The Balaban J connectivity index is 2.38. The standard InChI is InChI=1S/C25H36O2Si/c1-17(2)20-14-22(18(3)4)24(23(15-20)19(5)6)25(26)27-16-28(7,8)21-12-10-9-11-13-21/h9-15,17-19H,16H2,1-8H3. The number of esters is 1. The Morgan fingerprint density at radius 3 is 1.79 bits per heavy atom. The summed E-state index contributed by atoms with van der Waals surface area (Å²) in [5, 5.41) is 1.31. The van der Waals surface area contributed by atoms with Crippen molar-refractivity contribution in [2.24, 2.45) is 0 Å². The van der Waals surface area contributed by atoms with E-state index in [9.17, 15) is 4.79 Å². The van der Waals surface area contributed by atoms with E-state index in [1.807, 2.05) is 6.07 Å². The van der Waals surface area contributed by atoms with E-state index >= 15 is 0 Å². The van der Waals surface area contributed by atoms with Gasteiger partial charge in [-0.1, -0.05) is 102 Å². The molecule has 0 aliphatic heterocycles. The fourth-order valence-electron chi connectivity index (χ4n) is 3.48. The molecule has 0 atom stereocenters. The van der Waals surface area contributed by atoms with Gasteiger partial charge >= 0.3 is 5.97 Å². The van der Waals surface area contributed by atoms with Crippen LogP contribution in [0, 0.1) is 0 Å². The highest BCUT2D eigenvalue weighted by Crippen LogP contribution is 2.32. The second kappa shape index (κ2) is 9.08. The van der Waals surface area contributed by atoms with Crippen molar-refractivity contribution in [3.8, 4) is 0 Å². The summed E-state index contributed by atoms with van der Waals surface area (Å²) in [5.41, 5.74) is 4.30. The predicted molar refractivity (Wildman–Crippen MR) is 123 cm³/mol. The van der Waals surface area contributed by atoms with Crippen molar-refractivity contribution in [1.82, 2.24) is 0 Å². The molecule has 0 unspecified atom stereocenters. The molecule has 28 heavy (non-hydrogen) atoms. The zero-order valence-electron chi connectivity index (χ0n) is 18.8. The smallest absolute Gasteiger partial charge is 0.338 e. The van der Waals surface area contributed by atoms with Crippen LogP contribution in [0.1, 0.15) is 86.3 Å². The van der Waals surface area contributed by atoms with E-state index in [0.717, 1.165) is 16.7 Å². The van der Waals surface area contributed by atoms with Crippen LogP contribution >= 0.6 is 0 Å². The van der Waals surface area contributed by atoms with Crippen molar-refractivity contribution >= 4 is 19.2 Å². The van der Waals surface area contributed by atoms with Gasteiger partial charge in [0.2, 0.25) is 0 Å². The van der Waals surface area contributed by atoms with Crippen LogP contribution in [0.5, 0.6) is 0 Å². The fraction of sp³-hybridized carbons (Fsp3) is 0.480. The Kier molecular flexibility index (Phi) is 7.27. The first-order chi connectivity index (χ1) is 13.0. The minimum absolute atomic E-state index is 0.167. The first-order valence-corrected chi connectivity index (χ1v) is 13.7. The number of benzene rings is 2. The predicted octanol–water partition coefficient (Wildman–Crippen LogP) is 6.37. The Morgan fingerprint density at radius 1 is 0.857 bits per heavy atom. The van der Waals surface area contributed by atoms with E-state index in [2.05, 4.69) is 91.0 Å². The summed E-state index contributed by atoms with van der Waals surface area (Å²) in [6.45, 7) is 17.5. The molecular formula is C25H36O2Si. The topological polar surface area (TPSA) is 26.3 Å². The number of hydrogen-bond donors (Lipinski definition) is 0. The lowest BCUT2D eigenvalue weighted by atomic mass is 9.84. The molecule has 0 fully saturated rings. The molecular weight excluding hydrogens is 360 g/mol. The van der Waals surface area contributed by atoms with E-state index < -0.39 is 8.07 Å². The third-order valence-corrected chi connectivity index (χ3v) is 8.22. The van der Waals surface area contributed by atoms with E-state index in [-0.39, 0.29) is 17.8 Å². The molecule has 3 heteroatoms.